The van der Waals surface area contributed by atoms with E-state index in [0.717, 1.165) is 22.4 Å². The number of nitrogens with zero attached hydrogens (tertiary/aromatic N) is 1. The summed E-state index contributed by atoms with van der Waals surface area (Å²) >= 11 is 0. The highest BCUT2D eigenvalue weighted by atomic mass is 19.1. The van der Waals surface area contributed by atoms with Gasteiger partial charge in [-0.3, -0.25) is 4.79 Å². The van der Waals surface area contributed by atoms with E-state index in [1.807, 2.05) is 55.5 Å². The number of ether oxygens (including phenoxy) is 2. The lowest BCUT2D eigenvalue weighted by Gasteiger charge is -2.47. The molecule has 3 aromatic carbocycles. The third-order valence-corrected chi connectivity index (χ3v) is 7.79. The Morgan fingerprint density at radius 2 is 1.52 bits per heavy atom. The number of halogens is 1. The quantitative estimate of drug-likeness (QED) is 0.302. The van der Waals surface area contributed by atoms with E-state index in [1.165, 1.54) is 12.1 Å². The first-order valence-electron chi connectivity index (χ1n) is 13.4. The van der Waals surface area contributed by atoms with Crippen LogP contribution in [0.4, 0.5) is 10.1 Å². The molecule has 2 aliphatic rings. The van der Waals surface area contributed by atoms with E-state index < -0.39 is 37.1 Å². The second-order valence-corrected chi connectivity index (χ2v) is 10.5. The molecule has 40 heavy (non-hydrogen) atoms. The van der Waals surface area contributed by atoms with Crippen LogP contribution < -0.4 is 9.64 Å². The Morgan fingerprint density at radius 3 is 2.17 bits per heavy atom. The Labute approximate surface area is 232 Å². The molecule has 0 bridgehead atoms. The van der Waals surface area contributed by atoms with Gasteiger partial charge in [0.05, 0.1) is 31.3 Å². The summed E-state index contributed by atoms with van der Waals surface area (Å²) in [6.07, 6.45) is -5.12. The molecule has 7 unspecified atom stereocenters. The molecule has 3 aromatic rings. The average molecular weight is 552 g/mol. The normalized spacial score (nSPS) is 28.3. The summed E-state index contributed by atoms with van der Waals surface area (Å²) in [7, 11) is 0. The molecule has 0 radical (unpaired) electrons. The second-order valence-electron chi connectivity index (χ2n) is 10.5. The minimum absolute atomic E-state index is 0.00181. The highest BCUT2D eigenvalue weighted by Crippen LogP contribution is 2.45. The Kier molecular flexibility index (Phi) is 8.48. The topological polar surface area (TPSA) is 120 Å². The van der Waals surface area contributed by atoms with Crippen LogP contribution in [0.25, 0.3) is 0 Å². The van der Waals surface area contributed by atoms with Gasteiger partial charge in [-0.05, 0) is 60.9 Å². The lowest BCUT2D eigenvalue weighted by Crippen LogP contribution is -2.59. The van der Waals surface area contributed by atoms with Crippen LogP contribution in [-0.4, -0.2) is 70.1 Å². The average Bonchev–Trinajstić information content (AvgIpc) is 2.96. The van der Waals surface area contributed by atoms with Gasteiger partial charge in [-0.2, -0.15) is 0 Å². The highest BCUT2D eigenvalue weighted by Gasteiger charge is 2.48. The number of hydrogen-bond acceptors (Lipinski definition) is 7. The Hall–Kier alpha value is -3.34. The van der Waals surface area contributed by atoms with E-state index in [2.05, 4.69) is 0 Å². The Balaban J connectivity index is 1.31. The predicted molar refractivity (Wildman–Crippen MR) is 145 cm³/mol. The maximum atomic E-state index is 13.3. The summed E-state index contributed by atoms with van der Waals surface area (Å²) in [5, 5.41) is 40.0. The van der Waals surface area contributed by atoms with Gasteiger partial charge in [-0.25, -0.2) is 4.39 Å². The van der Waals surface area contributed by atoms with Crippen molar-refractivity contribution in [2.75, 3.05) is 18.1 Å². The first-order valence-corrected chi connectivity index (χ1v) is 13.4. The zero-order valence-electron chi connectivity index (χ0n) is 22.1. The van der Waals surface area contributed by atoms with E-state index in [1.54, 1.807) is 17.0 Å². The van der Waals surface area contributed by atoms with Gasteiger partial charge in [0.1, 0.15) is 36.0 Å². The van der Waals surface area contributed by atoms with E-state index in [9.17, 15) is 29.6 Å². The van der Waals surface area contributed by atoms with Gasteiger partial charge in [0, 0.05) is 12.1 Å². The van der Waals surface area contributed by atoms with Gasteiger partial charge in [-0.1, -0.05) is 42.0 Å². The number of rotatable bonds is 9. The summed E-state index contributed by atoms with van der Waals surface area (Å²) < 4.78 is 24.6. The number of amides is 1. The van der Waals surface area contributed by atoms with Crippen molar-refractivity contribution in [1.82, 2.24) is 0 Å². The van der Waals surface area contributed by atoms with Crippen molar-refractivity contribution in [3.8, 4) is 5.75 Å². The minimum atomic E-state index is -1.42. The van der Waals surface area contributed by atoms with Crippen LogP contribution in [0.1, 0.15) is 29.2 Å². The number of carbonyl (C=O) groups is 1. The molecule has 9 heteroatoms. The molecule has 4 N–H and O–H groups in total. The fourth-order valence-electron chi connectivity index (χ4n) is 5.47. The van der Waals surface area contributed by atoms with Crippen LogP contribution >= 0.6 is 0 Å². The summed E-state index contributed by atoms with van der Waals surface area (Å²) in [5.74, 6) is -0.108. The minimum Gasteiger partial charge on any atom is -0.494 e. The molecule has 7 atom stereocenters. The molecule has 8 nitrogen and oxygen atoms in total. The number of hydrogen-bond donors (Lipinski definition) is 4. The molecule has 1 amide bonds. The maximum absolute atomic E-state index is 13.3. The number of carbonyl (C=O) groups excluding carboxylic acids is 1. The summed E-state index contributed by atoms with van der Waals surface area (Å²) in [6.45, 7) is 1.82. The van der Waals surface area contributed by atoms with Crippen LogP contribution in [0.5, 0.6) is 5.75 Å². The van der Waals surface area contributed by atoms with Crippen molar-refractivity contribution in [1.29, 1.82) is 0 Å². The predicted octanol–water partition coefficient (Wildman–Crippen LogP) is 2.69. The molecule has 2 heterocycles. The summed E-state index contributed by atoms with van der Waals surface area (Å²) in [4.78, 5) is 15.1. The third kappa shape index (κ3) is 5.75. The number of aryl methyl sites for hydroxylation is 1. The molecule has 0 aromatic heterocycles. The van der Waals surface area contributed by atoms with Crippen LogP contribution in [-0.2, 0) is 16.0 Å². The van der Waals surface area contributed by atoms with Crippen LogP contribution in [0.3, 0.4) is 0 Å². The van der Waals surface area contributed by atoms with Gasteiger partial charge in [0.2, 0.25) is 5.91 Å². The lowest BCUT2D eigenvalue weighted by atomic mass is 9.79. The van der Waals surface area contributed by atoms with Gasteiger partial charge >= 0.3 is 0 Å². The zero-order valence-corrected chi connectivity index (χ0v) is 22.1. The molecule has 212 valence electrons. The van der Waals surface area contributed by atoms with Crippen molar-refractivity contribution in [2.45, 2.75) is 56.3 Å². The van der Waals surface area contributed by atoms with Crippen LogP contribution in [0.2, 0.25) is 0 Å². The van der Waals surface area contributed by atoms with E-state index >= 15 is 0 Å². The van der Waals surface area contributed by atoms with Gasteiger partial charge in [0.25, 0.3) is 0 Å². The number of aliphatic hydroxyl groups excluding tert-OH is 4. The van der Waals surface area contributed by atoms with E-state index in [-0.39, 0.29) is 30.1 Å². The third-order valence-electron chi connectivity index (χ3n) is 7.79. The van der Waals surface area contributed by atoms with Crippen molar-refractivity contribution < 1.29 is 39.1 Å². The molecular weight excluding hydrogens is 517 g/mol. The molecule has 0 aliphatic carbocycles. The molecule has 0 spiro atoms. The number of anilines is 1. The largest absolute Gasteiger partial charge is 0.494 e. The maximum Gasteiger partial charge on any atom is 0.233 e. The summed E-state index contributed by atoms with van der Waals surface area (Å²) in [5.41, 5.74) is 3.66. The fourth-order valence-corrected chi connectivity index (χ4v) is 5.47. The highest BCUT2D eigenvalue weighted by molar-refractivity contribution is 6.03. The van der Waals surface area contributed by atoms with Gasteiger partial charge < -0.3 is 34.8 Å². The summed E-state index contributed by atoms with van der Waals surface area (Å²) in [6, 6.07) is 21.0. The first-order chi connectivity index (χ1) is 19.3. The number of β-lactam (4-membered cyclic amide) rings is 1. The van der Waals surface area contributed by atoms with Crippen LogP contribution in [0, 0.1) is 18.7 Å². The SMILES string of the molecule is Cc1ccc(N2C(=O)C(CCOc3ccc(F)cc3)C2c2ccc(CC3OC(CO)C(O)C(O)C3O)cc2)cc1. The Morgan fingerprint density at radius 1 is 0.875 bits per heavy atom. The molecule has 5 rings (SSSR count). The van der Waals surface area contributed by atoms with E-state index in [0.29, 0.717) is 18.8 Å². The molecule has 0 saturated carbocycles. The standard InChI is InChI=1S/C31H34FNO7/c1-18-2-10-22(11-3-18)33-27(24(31(33)38)14-15-39-23-12-8-21(32)9-13-23)20-6-4-19(5-7-20)16-25-28(35)30(37)29(36)26(17-34)40-25/h2-13,24-30,34-37H,14-17H2,1H3. The number of aliphatic hydroxyl groups is 4. The lowest BCUT2D eigenvalue weighted by molar-refractivity contribution is -0.228. The van der Waals surface area contributed by atoms with Crippen molar-refractivity contribution in [3.63, 3.8) is 0 Å². The fraction of sp³-hybridized carbons (Fsp3) is 0.387. The zero-order chi connectivity index (χ0) is 28.4. The monoisotopic (exact) mass is 551 g/mol. The van der Waals surface area contributed by atoms with Gasteiger partial charge in [-0.15, -0.1) is 0 Å². The van der Waals surface area contributed by atoms with Gasteiger partial charge in [0.15, 0.2) is 0 Å². The molecule has 2 aliphatic heterocycles. The Bertz CT molecular complexity index is 1280. The van der Waals surface area contributed by atoms with Crippen molar-refractivity contribution in [3.05, 3.63) is 95.3 Å². The number of benzene rings is 3. The molecular formula is C31H34FNO7. The van der Waals surface area contributed by atoms with Crippen LogP contribution in [0.15, 0.2) is 72.8 Å². The van der Waals surface area contributed by atoms with Crippen molar-refractivity contribution in [2.24, 2.45) is 5.92 Å². The molecule has 2 fully saturated rings. The second kappa shape index (κ2) is 12.0. The smallest absolute Gasteiger partial charge is 0.233 e. The first kappa shape index (κ1) is 28.2. The van der Waals surface area contributed by atoms with Crippen molar-refractivity contribution >= 4 is 11.6 Å². The molecule has 2 saturated heterocycles. The van der Waals surface area contributed by atoms with E-state index in [4.69, 9.17) is 9.47 Å².